The predicted octanol–water partition coefficient (Wildman–Crippen LogP) is 5.68. The topological polar surface area (TPSA) is 54.0 Å². The molecule has 0 saturated carbocycles. The van der Waals surface area contributed by atoms with Gasteiger partial charge in [0.2, 0.25) is 5.91 Å². The van der Waals surface area contributed by atoms with Crippen molar-refractivity contribution in [1.82, 2.24) is 4.98 Å². The van der Waals surface area contributed by atoms with E-state index >= 15 is 0 Å². The number of rotatable bonds is 5. The zero-order chi connectivity index (χ0) is 17.8. The Hall–Kier alpha value is -2.08. The number of nitrogens with one attached hydrogen (secondary N) is 2. The van der Waals surface area contributed by atoms with Gasteiger partial charge in [0.05, 0.1) is 12.1 Å². The summed E-state index contributed by atoms with van der Waals surface area (Å²) in [6.45, 7) is 1.87. The van der Waals surface area contributed by atoms with Crippen LogP contribution in [0.2, 0.25) is 10.0 Å². The van der Waals surface area contributed by atoms with E-state index in [2.05, 4.69) is 15.6 Å². The van der Waals surface area contributed by atoms with Gasteiger partial charge in [-0.3, -0.25) is 4.79 Å². The Kier molecular flexibility index (Phi) is 5.58. The molecule has 3 rings (SSSR count). The number of halogens is 2. The van der Waals surface area contributed by atoms with Gasteiger partial charge in [-0.25, -0.2) is 4.98 Å². The van der Waals surface area contributed by atoms with Crippen LogP contribution in [-0.4, -0.2) is 10.9 Å². The molecule has 0 radical (unpaired) electrons. The molecule has 0 saturated heterocycles. The number of carbonyl (C=O) groups is 1. The van der Waals surface area contributed by atoms with Gasteiger partial charge in [0.25, 0.3) is 0 Å². The molecule has 0 bridgehead atoms. The van der Waals surface area contributed by atoms with Crippen LogP contribution in [-0.2, 0) is 11.2 Å². The lowest BCUT2D eigenvalue weighted by molar-refractivity contribution is -0.115. The van der Waals surface area contributed by atoms with Gasteiger partial charge in [-0.05, 0) is 42.8 Å². The number of carbonyl (C=O) groups excluding carboxylic acids is 1. The predicted molar refractivity (Wildman–Crippen MR) is 105 cm³/mol. The summed E-state index contributed by atoms with van der Waals surface area (Å²) in [4.78, 5) is 16.7. The van der Waals surface area contributed by atoms with E-state index < -0.39 is 0 Å². The van der Waals surface area contributed by atoms with E-state index in [-0.39, 0.29) is 12.3 Å². The zero-order valence-electron chi connectivity index (χ0n) is 13.3. The Labute approximate surface area is 159 Å². The standard InChI is InChI=1S/C18H15Cl2N3OS/c1-11-15(20)6-3-7-16(11)23-17(24)9-14-10-25-18(22-14)21-13-5-2-4-12(19)8-13/h2-8,10H,9H2,1H3,(H,21,22)(H,23,24). The first-order valence-corrected chi connectivity index (χ1v) is 9.17. The number of hydrogen-bond donors (Lipinski definition) is 2. The summed E-state index contributed by atoms with van der Waals surface area (Å²) in [6.07, 6.45) is 0.194. The van der Waals surface area contributed by atoms with E-state index in [1.54, 1.807) is 12.1 Å². The summed E-state index contributed by atoms with van der Waals surface area (Å²) in [5.74, 6) is -0.134. The normalized spacial score (nSPS) is 10.5. The third kappa shape index (κ3) is 4.72. The molecule has 0 spiro atoms. The average Bonchev–Trinajstić information content (AvgIpc) is 2.98. The van der Waals surface area contributed by atoms with Crippen molar-refractivity contribution in [2.45, 2.75) is 13.3 Å². The van der Waals surface area contributed by atoms with Crippen LogP contribution < -0.4 is 10.6 Å². The maximum atomic E-state index is 12.2. The summed E-state index contributed by atoms with van der Waals surface area (Å²) in [5, 5.41) is 9.89. The molecule has 1 aromatic heterocycles. The van der Waals surface area contributed by atoms with Crippen molar-refractivity contribution < 1.29 is 4.79 Å². The van der Waals surface area contributed by atoms with Crippen molar-refractivity contribution in [2.24, 2.45) is 0 Å². The molecular weight excluding hydrogens is 377 g/mol. The second kappa shape index (κ2) is 7.87. The molecule has 1 amide bonds. The fraction of sp³-hybridized carbons (Fsp3) is 0.111. The van der Waals surface area contributed by atoms with E-state index in [0.29, 0.717) is 26.6 Å². The number of hydrogen-bond acceptors (Lipinski definition) is 4. The Morgan fingerprint density at radius 3 is 2.80 bits per heavy atom. The second-order valence-electron chi connectivity index (χ2n) is 5.42. The van der Waals surface area contributed by atoms with Crippen molar-refractivity contribution >= 4 is 57.0 Å². The maximum absolute atomic E-state index is 12.2. The van der Waals surface area contributed by atoms with Crippen molar-refractivity contribution in [3.8, 4) is 0 Å². The Morgan fingerprint density at radius 1 is 1.20 bits per heavy atom. The molecule has 2 N–H and O–H groups in total. The van der Waals surface area contributed by atoms with E-state index in [1.165, 1.54) is 11.3 Å². The highest BCUT2D eigenvalue weighted by atomic mass is 35.5. The van der Waals surface area contributed by atoms with E-state index in [0.717, 1.165) is 11.3 Å². The number of amides is 1. The number of thiazole rings is 1. The van der Waals surface area contributed by atoms with Crippen LogP contribution in [0.3, 0.4) is 0 Å². The summed E-state index contributed by atoms with van der Waals surface area (Å²) in [6, 6.07) is 12.8. The van der Waals surface area contributed by atoms with Gasteiger partial charge in [-0.2, -0.15) is 0 Å². The quantitative estimate of drug-likeness (QED) is 0.587. The monoisotopic (exact) mass is 391 g/mol. The Morgan fingerprint density at radius 2 is 2.00 bits per heavy atom. The highest BCUT2D eigenvalue weighted by Crippen LogP contribution is 2.25. The lowest BCUT2D eigenvalue weighted by Gasteiger charge is -2.08. The van der Waals surface area contributed by atoms with Crippen LogP contribution in [0.25, 0.3) is 0 Å². The fourth-order valence-corrected chi connectivity index (χ4v) is 3.33. The maximum Gasteiger partial charge on any atom is 0.230 e. The molecular formula is C18H15Cl2N3OS. The minimum atomic E-state index is -0.134. The molecule has 7 heteroatoms. The van der Waals surface area contributed by atoms with Gasteiger partial charge < -0.3 is 10.6 Å². The summed E-state index contributed by atoms with van der Waals surface area (Å²) in [7, 11) is 0. The van der Waals surface area contributed by atoms with Gasteiger partial charge in [0.15, 0.2) is 5.13 Å². The van der Waals surface area contributed by atoms with E-state index in [9.17, 15) is 4.79 Å². The molecule has 25 heavy (non-hydrogen) atoms. The van der Waals surface area contributed by atoms with Gasteiger partial charge in [-0.1, -0.05) is 35.3 Å². The first-order valence-electron chi connectivity index (χ1n) is 7.53. The van der Waals surface area contributed by atoms with Gasteiger partial charge in [0.1, 0.15) is 0 Å². The lowest BCUT2D eigenvalue weighted by atomic mass is 10.2. The molecule has 0 fully saturated rings. The molecule has 4 nitrogen and oxygen atoms in total. The smallest absolute Gasteiger partial charge is 0.230 e. The fourth-order valence-electron chi connectivity index (χ4n) is 2.24. The van der Waals surface area contributed by atoms with Crippen LogP contribution in [0.4, 0.5) is 16.5 Å². The number of nitrogens with zero attached hydrogens (tertiary/aromatic N) is 1. The largest absolute Gasteiger partial charge is 0.331 e. The first-order chi connectivity index (χ1) is 12.0. The molecule has 0 atom stereocenters. The summed E-state index contributed by atoms with van der Waals surface area (Å²) >= 11 is 13.5. The molecule has 128 valence electrons. The Bertz CT molecular complexity index is 911. The van der Waals surface area contributed by atoms with Gasteiger partial charge in [-0.15, -0.1) is 11.3 Å². The minimum absolute atomic E-state index is 0.134. The number of aromatic nitrogens is 1. The first kappa shape index (κ1) is 17.7. The lowest BCUT2D eigenvalue weighted by Crippen LogP contribution is -2.15. The van der Waals surface area contributed by atoms with Crippen LogP contribution in [0.5, 0.6) is 0 Å². The summed E-state index contributed by atoms with van der Waals surface area (Å²) in [5.41, 5.74) is 3.11. The van der Waals surface area contributed by atoms with Crippen LogP contribution in [0.15, 0.2) is 47.8 Å². The molecule has 0 aliphatic rings. The van der Waals surface area contributed by atoms with Crippen LogP contribution >= 0.6 is 34.5 Å². The van der Waals surface area contributed by atoms with Crippen molar-refractivity contribution in [3.05, 3.63) is 69.1 Å². The molecule has 0 aliphatic carbocycles. The zero-order valence-corrected chi connectivity index (χ0v) is 15.7. The highest BCUT2D eigenvalue weighted by Gasteiger charge is 2.10. The second-order valence-corrected chi connectivity index (χ2v) is 7.12. The third-order valence-electron chi connectivity index (χ3n) is 3.51. The van der Waals surface area contributed by atoms with Crippen molar-refractivity contribution in [3.63, 3.8) is 0 Å². The van der Waals surface area contributed by atoms with Crippen LogP contribution in [0, 0.1) is 6.92 Å². The molecule has 3 aromatic rings. The molecule has 0 unspecified atom stereocenters. The summed E-state index contributed by atoms with van der Waals surface area (Å²) < 4.78 is 0. The van der Waals surface area contributed by atoms with E-state index in [1.807, 2.05) is 42.6 Å². The third-order valence-corrected chi connectivity index (χ3v) is 4.96. The number of benzene rings is 2. The number of anilines is 3. The van der Waals surface area contributed by atoms with Gasteiger partial charge in [0, 0.05) is 26.8 Å². The molecule has 0 aliphatic heterocycles. The molecule has 1 heterocycles. The molecule has 2 aromatic carbocycles. The minimum Gasteiger partial charge on any atom is -0.331 e. The SMILES string of the molecule is Cc1c(Cl)cccc1NC(=O)Cc1csc(Nc2cccc(Cl)c2)n1. The van der Waals surface area contributed by atoms with Gasteiger partial charge >= 0.3 is 0 Å². The highest BCUT2D eigenvalue weighted by molar-refractivity contribution is 7.13. The van der Waals surface area contributed by atoms with Crippen molar-refractivity contribution in [2.75, 3.05) is 10.6 Å². The average molecular weight is 392 g/mol. The Balaban J connectivity index is 1.63. The van der Waals surface area contributed by atoms with Crippen LogP contribution in [0.1, 0.15) is 11.3 Å². The van der Waals surface area contributed by atoms with Crippen molar-refractivity contribution in [1.29, 1.82) is 0 Å². The van der Waals surface area contributed by atoms with E-state index in [4.69, 9.17) is 23.2 Å².